The Kier molecular flexibility index (Phi) is 13.5. The van der Waals surface area contributed by atoms with Gasteiger partial charge in [0.25, 0.3) is 0 Å². The largest absolute Gasteiger partial charge is 0.497 e. The minimum absolute atomic E-state index is 0.529. The summed E-state index contributed by atoms with van der Waals surface area (Å²) in [6, 6.07) is 35.4. The van der Waals surface area contributed by atoms with Gasteiger partial charge in [-0.25, -0.2) is 9.97 Å². The van der Waals surface area contributed by atoms with Crippen molar-refractivity contribution in [1.29, 1.82) is 0 Å². The van der Waals surface area contributed by atoms with Crippen LogP contribution in [0.1, 0.15) is 41.8 Å². The molecule has 2 heterocycles. The SMILES string of the molecule is COc1ccc(CNc2cc(C)nc(Nc3ccc(OCCCCCOc4ccc(Nc5nc(C)cc(NCc6ccc(OC)cc6)n5)cc4)cc3)n2)cc1. The summed E-state index contributed by atoms with van der Waals surface area (Å²) in [5, 5.41) is 13.3. The van der Waals surface area contributed by atoms with E-state index in [1.165, 1.54) is 0 Å². The number of hydrogen-bond acceptors (Lipinski definition) is 12. The molecule has 0 aliphatic carbocycles. The zero-order valence-electron chi connectivity index (χ0n) is 31.8. The van der Waals surface area contributed by atoms with Crippen LogP contribution in [0.2, 0.25) is 0 Å². The van der Waals surface area contributed by atoms with Crippen molar-refractivity contribution in [3.63, 3.8) is 0 Å². The van der Waals surface area contributed by atoms with Crippen LogP contribution in [0.25, 0.3) is 0 Å². The van der Waals surface area contributed by atoms with E-state index >= 15 is 0 Å². The molecule has 4 N–H and O–H groups in total. The maximum atomic E-state index is 5.98. The Hall–Kier alpha value is -6.56. The summed E-state index contributed by atoms with van der Waals surface area (Å²) in [5.74, 6) is 5.87. The lowest BCUT2D eigenvalue weighted by Crippen LogP contribution is -2.05. The molecule has 0 aliphatic heterocycles. The molecule has 2 aromatic heterocycles. The van der Waals surface area contributed by atoms with Crippen LogP contribution >= 0.6 is 0 Å². The first-order valence-corrected chi connectivity index (χ1v) is 18.4. The monoisotopic (exact) mass is 740 g/mol. The van der Waals surface area contributed by atoms with E-state index in [1.54, 1.807) is 14.2 Å². The molecule has 12 nitrogen and oxygen atoms in total. The highest BCUT2D eigenvalue weighted by atomic mass is 16.5. The van der Waals surface area contributed by atoms with E-state index in [0.717, 1.165) is 87.8 Å². The topological polar surface area (TPSA) is 137 Å². The fraction of sp³-hybridized carbons (Fsp3) is 0.256. The van der Waals surface area contributed by atoms with Gasteiger partial charge in [-0.15, -0.1) is 0 Å². The number of benzene rings is 4. The molecular weight excluding hydrogens is 693 g/mol. The van der Waals surface area contributed by atoms with Crippen molar-refractivity contribution in [2.45, 2.75) is 46.2 Å². The van der Waals surface area contributed by atoms with Crippen molar-refractivity contribution >= 4 is 34.9 Å². The Morgan fingerprint density at radius 3 is 1.22 bits per heavy atom. The van der Waals surface area contributed by atoms with Gasteiger partial charge in [-0.2, -0.15) is 9.97 Å². The lowest BCUT2D eigenvalue weighted by atomic mass is 10.2. The normalized spacial score (nSPS) is 10.7. The van der Waals surface area contributed by atoms with Gasteiger partial charge in [0, 0.05) is 48.0 Å². The lowest BCUT2D eigenvalue weighted by Gasteiger charge is -2.12. The maximum Gasteiger partial charge on any atom is 0.229 e. The molecule has 0 aliphatic rings. The molecule has 6 rings (SSSR count). The predicted molar refractivity (Wildman–Crippen MR) is 218 cm³/mol. The van der Waals surface area contributed by atoms with E-state index in [-0.39, 0.29) is 0 Å². The minimum Gasteiger partial charge on any atom is -0.497 e. The van der Waals surface area contributed by atoms with Gasteiger partial charge in [0.1, 0.15) is 34.6 Å². The van der Waals surface area contributed by atoms with Crippen LogP contribution in [0.15, 0.2) is 109 Å². The molecule has 284 valence electrons. The van der Waals surface area contributed by atoms with E-state index in [9.17, 15) is 0 Å². The second kappa shape index (κ2) is 19.5. The third kappa shape index (κ3) is 12.2. The van der Waals surface area contributed by atoms with Crippen LogP contribution in [-0.4, -0.2) is 47.4 Å². The third-order valence-electron chi connectivity index (χ3n) is 8.52. The number of aromatic nitrogens is 4. The molecular formula is C43H48N8O4. The first-order chi connectivity index (χ1) is 26.9. The molecule has 0 unspecified atom stereocenters. The van der Waals surface area contributed by atoms with E-state index < -0.39 is 0 Å². The van der Waals surface area contributed by atoms with E-state index in [2.05, 4.69) is 41.2 Å². The molecule has 12 heteroatoms. The summed E-state index contributed by atoms with van der Waals surface area (Å²) in [6.07, 6.45) is 2.87. The van der Waals surface area contributed by atoms with Gasteiger partial charge in [-0.1, -0.05) is 24.3 Å². The number of ether oxygens (including phenoxy) is 4. The zero-order chi connectivity index (χ0) is 38.2. The quantitative estimate of drug-likeness (QED) is 0.0556. The molecule has 0 fully saturated rings. The number of rotatable bonds is 20. The van der Waals surface area contributed by atoms with E-state index in [0.29, 0.717) is 38.2 Å². The maximum absolute atomic E-state index is 5.98. The number of hydrogen-bond donors (Lipinski definition) is 4. The summed E-state index contributed by atoms with van der Waals surface area (Å²) >= 11 is 0. The van der Waals surface area contributed by atoms with Crippen LogP contribution < -0.4 is 40.2 Å². The van der Waals surface area contributed by atoms with Crippen molar-refractivity contribution < 1.29 is 18.9 Å². The first-order valence-electron chi connectivity index (χ1n) is 18.4. The van der Waals surface area contributed by atoms with Gasteiger partial charge in [-0.05, 0) is 117 Å². The van der Waals surface area contributed by atoms with Crippen LogP contribution in [0, 0.1) is 13.8 Å². The highest BCUT2D eigenvalue weighted by Gasteiger charge is 2.07. The lowest BCUT2D eigenvalue weighted by molar-refractivity contribution is 0.279. The van der Waals surface area contributed by atoms with Gasteiger partial charge in [-0.3, -0.25) is 0 Å². The summed E-state index contributed by atoms with van der Waals surface area (Å²) in [6.45, 7) is 6.46. The van der Waals surface area contributed by atoms with Gasteiger partial charge in [0.2, 0.25) is 11.9 Å². The van der Waals surface area contributed by atoms with Gasteiger partial charge >= 0.3 is 0 Å². The van der Waals surface area contributed by atoms with Gasteiger partial charge < -0.3 is 40.2 Å². The molecule has 0 spiro atoms. The second-order valence-electron chi connectivity index (χ2n) is 12.9. The Morgan fingerprint density at radius 1 is 0.455 bits per heavy atom. The summed E-state index contributed by atoms with van der Waals surface area (Å²) in [4.78, 5) is 18.4. The fourth-order valence-corrected chi connectivity index (χ4v) is 5.59. The Labute approximate surface area is 322 Å². The molecule has 0 atom stereocenters. The van der Waals surface area contributed by atoms with Crippen LogP contribution in [0.5, 0.6) is 23.0 Å². The number of nitrogens with zero attached hydrogens (tertiary/aromatic N) is 4. The number of anilines is 6. The summed E-state index contributed by atoms with van der Waals surface area (Å²) < 4.78 is 22.4. The standard InChI is InChI=1S/C43H48N8O4/c1-30-26-40(44-28-32-8-16-36(52-3)17-9-32)50-42(46-30)48-34-12-20-38(21-13-34)54-24-6-5-7-25-55-39-22-14-35(15-23-39)49-43-47-31(2)27-41(51-43)45-29-33-10-18-37(53-4)19-11-33/h8-23,26-27H,5-7,24-25,28-29H2,1-4H3,(H2,44,46,48,50)(H2,45,47,49,51). The molecule has 0 saturated carbocycles. The average Bonchev–Trinajstić information content (AvgIpc) is 3.20. The molecule has 6 aromatic rings. The molecule has 0 radical (unpaired) electrons. The van der Waals surface area contributed by atoms with Crippen molar-refractivity contribution in [3.8, 4) is 23.0 Å². The van der Waals surface area contributed by atoms with Crippen LogP contribution in [0.4, 0.5) is 34.9 Å². The highest BCUT2D eigenvalue weighted by molar-refractivity contribution is 5.57. The highest BCUT2D eigenvalue weighted by Crippen LogP contribution is 2.23. The smallest absolute Gasteiger partial charge is 0.229 e. The Balaban J connectivity index is 0.860. The van der Waals surface area contributed by atoms with Crippen molar-refractivity contribution in [2.24, 2.45) is 0 Å². The number of unbranched alkanes of at least 4 members (excludes halogenated alkanes) is 2. The summed E-state index contributed by atoms with van der Waals surface area (Å²) in [7, 11) is 3.33. The molecule has 55 heavy (non-hydrogen) atoms. The summed E-state index contributed by atoms with van der Waals surface area (Å²) in [5.41, 5.74) is 5.76. The van der Waals surface area contributed by atoms with Crippen LogP contribution in [-0.2, 0) is 13.1 Å². The predicted octanol–water partition coefficient (Wildman–Crippen LogP) is 9.24. The van der Waals surface area contributed by atoms with Crippen LogP contribution in [0.3, 0.4) is 0 Å². The first kappa shape index (κ1) is 38.2. The number of nitrogens with one attached hydrogen (secondary N) is 4. The second-order valence-corrected chi connectivity index (χ2v) is 12.9. The van der Waals surface area contributed by atoms with E-state index in [4.69, 9.17) is 18.9 Å². The number of methoxy groups -OCH3 is 2. The molecule has 4 aromatic carbocycles. The third-order valence-corrected chi connectivity index (χ3v) is 8.52. The molecule has 0 bridgehead atoms. The Bertz CT molecular complexity index is 1930. The molecule has 0 amide bonds. The number of aryl methyl sites for hydroxylation is 2. The van der Waals surface area contributed by atoms with E-state index in [1.807, 2.05) is 123 Å². The molecule has 0 saturated heterocycles. The average molecular weight is 741 g/mol. The van der Waals surface area contributed by atoms with Crippen molar-refractivity contribution in [2.75, 3.05) is 48.7 Å². The minimum atomic E-state index is 0.529. The zero-order valence-corrected chi connectivity index (χ0v) is 31.8. The van der Waals surface area contributed by atoms with Gasteiger partial charge in [0.15, 0.2) is 0 Å². The fourth-order valence-electron chi connectivity index (χ4n) is 5.59. The Morgan fingerprint density at radius 2 is 0.836 bits per heavy atom. The van der Waals surface area contributed by atoms with Gasteiger partial charge in [0.05, 0.1) is 27.4 Å². The van der Waals surface area contributed by atoms with Crippen molar-refractivity contribution in [3.05, 3.63) is 132 Å². The van der Waals surface area contributed by atoms with Crippen molar-refractivity contribution in [1.82, 2.24) is 19.9 Å².